The fourth-order valence-corrected chi connectivity index (χ4v) is 6.23. The fourth-order valence-electron chi connectivity index (χ4n) is 6.23. The van der Waals surface area contributed by atoms with Gasteiger partial charge >= 0.3 is 5.97 Å². The Balaban J connectivity index is 1.37. The number of nitrogens with zero attached hydrogens (tertiary/aromatic N) is 1. The third-order valence-corrected chi connectivity index (χ3v) is 8.10. The number of carbonyl (C=O) groups excluding carboxylic acids is 1. The summed E-state index contributed by atoms with van der Waals surface area (Å²) in [6.07, 6.45) is 12.9. The van der Waals surface area contributed by atoms with Gasteiger partial charge in [-0.2, -0.15) is 5.26 Å². The fraction of sp³-hybridized carbons (Fsp3) is 0.533. The maximum atomic E-state index is 15.1. The zero-order valence-corrected chi connectivity index (χ0v) is 20.6. The Morgan fingerprint density at radius 3 is 2.34 bits per heavy atom. The quantitative estimate of drug-likeness (QED) is 0.217. The van der Waals surface area contributed by atoms with Crippen molar-refractivity contribution in [2.75, 3.05) is 0 Å². The van der Waals surface area contributed by atoms with Crippen LogP contribution in [0.15, 0.2) is 36.4 Å². The molecule has 4 rings (SSSR count). The van der Waals surface area contributed by atoms with E-state index in [0.29, 0.717) is 17.4 Å². The molecule has 3 nitrogen and oxygen atoms in total. The van der Waals surface area contributed by atoms with Gasteiger partial charge in [0.2, 0.25) is 0 Å². The number of unbranched alkanes of at least 4 members (excludes halogenated alkanes) is 3. The van der Waals surface area contributed by atoms with E-state index in [-0.39, 0.29) is 22.8 Å². The zero-order valence-electron chi connectivity index (χ0n) is 20.6. The third kappa shape index (κ3) is 6.28. The average Bonchev–Trinajstić information content (AvgIpc) is 2.86. The standard InChI is InChI=1S/C30H35F2NO2/c1-2-3-4-5-6-20-7-10-23-16-24(12-11-22(23)15-20)29-27(31)17-25(18-28(29)32)30(34)35-26-13-8-21(19-33)9-14-26/h8-9,13-14,17-18,20,22-24H,2-7,10-12,15-16H2,1H3. The summed E-state index contributed by atoms with van der Waals surface area (Å²) in [7, 11) is 0. The highest BCUT2D eigenvalue weighted by molar-refractivity contribution is 5.91. The molecule has 0 bridgehead atoms. The van der Waals surface area contributed by atoms with Gasteiger partial charge in [-0.3, -0.25) is 0 Å². The van der Waals surface area contributed by atoms with E-state index in [2.05, 4.69) is 6.92 Å². The summed E-state index contributed by atoms with van der Waals surface area (Å²) in [6.45, 7) is 2.24. The summed E-state index contributed by atoms with van der Waals surface area (Å²) in [4.78, 5) is 12.5. The van der Waals surface area contributed by atoms with Crippen LogP contribution in [0, 0.1) is 40.7 Å². The van der Waals surface area contributed by atoms with Gasteiger partial charge in [0.05, 0.1) is 17.2 Å². The zero-order chi connectivity index (χ0) is 24.8. The van der Waals surface area contributed by atoms with Crippen molar-refractivity contribution in [1.29, 1.82) is 5.26 Å². The van der Waals surface area contributed by atoms with E-state index >= 15 is 8.78 Å². The number of nitriles is 1. The molecule has 35 heavy (non-hydrogen) atoms. The molecule has 4 atom stereocenters. The largest absolute Gasteiger partial charge is 0.423 e. The van der Waals surface area contributed by atoms with Crippen LogP contribution in [-0.4, -0.2) is 5.97 Å². The van der Waals surface area contributed by atoms with E-state index in [1.54, 1.807) is 0 Å². The molecule has 4 unspecified atom stereocenters. The van der Waals surface area contributed by atoms with E-state index in [0.717, 1.165) is 43.7 Å². The molecule has 2 aliphatic rings. The van der Waals surface area contributed by atoms with Crippen molar-refractivity contribution in [2.45, 2.75) is 83.5 Å². The predicted octanol–water partition coefficient (Wildman–Crippen LogP) is 8.33. The lowest BCUT2D eigenvalue weighted by Gasteiger charge is -2.42. The lowest BCUT2D eigenvalue weighted by Crippen LogP contribution is -2.31. The van der Waals surface area contributed by atoms with Crippen molar-refractivity contribution < 1.29 is 18.3 Å². The van der Waals surface area contributed by atoms with Crippen molar-refractivity contribution in [3.63, 3.8) is 0 Å². The van der Waals surface area contributed by atoms with Crippen LogP contribution in [0.25, 0.3) is 0 Å². The van der Waals surface area contributed by atoms with Crippen LogP contribution in [0.1, 0.15) is 105 Å². The predicted molar refractivity (Wildman–Crippen MR) is 132 cm³/mol. The third-order valence-electron chi connectivity index (χ3n) is 8.10. The van der Waals surface area contributed by atoms with Gasteiger partial charge in [-0.25, -0.2) is 13.6 Å². The number of benzene rings is 2. The summed E-state index contributed by atoms with van der Waals surface area (Å²) >= 11 is 0. The number of carbonyl (C=O) groups is 1. The number of ether oxygens (including phenoxy) is 1. The summed E-state index contributed by atoms with van der Waals surface area (Å²) in [6, 6.07) is 10.2. The van der Waals surface area contributed by atoms with Crippen molar-refractivity contribution >= 4 is 5.97 Å². The van der Waals surface area contributed by atoms with Gasteiger partial charge in [0.25, 0.3) is 0 Å². The van der Waals surface area contributed by atoms with E-state index in [4.69, 9.17) is 10.00 Å². The normalized spacial score (nSPS) is 23.8. The molecule has 0 aromatic heterocycles. The van der Waals surface area contributed by atoms with Gasteiger partial charge in [0.15, 0.2) is 0 Å². The van der Waals surface area contributed by atoms with Crippen LogP contribution in [-0.2, 0) is 0 Å². The Morgan fingerprint density at radius 1 is 0.971 bits per heavy atom. The molecular formula is C30H35F2NO2. The molecule has 2 fully saturated rings. The first-order valence-corrected chi connectivity index (χ1v) is 13.2. The molecule has 2 aliphatic carbocycles. The van der Waals surface area contributed by atoms with E-state index in [1.807, 2.05) is 6.07 Å². The van der Waals surface area contributed by atoms with Crippen molar-refractivity contribution in [2.24, 2.45) is 17.8 Å². The molecule has 0 amide bonds. The van der Waals surface area contributed by atoms with Crippen molar-refractivity contribution in [3.8, 4) is 11.8 Å². The maximum Gasteiger partial charge on any atom is 0.343 e. The van der Waals surface area contributed by atoms with Crippen molar-refractivity contribution in [3.05, 3.63) is 64.7 Å². The van der Waals surface area contributed by atoms with Gasteiger partial charge in [-0.05, 0) is 92.2 Å². The molecule has 0 heterocycles. The molecule has 5 heteroatoms. The Bertz CT molecular complexity index is 1040. The summed E-state index contributed by atoms with van der Waals surface area (Å²) in [5.41, 5.74) is 0.409. The second kappa shape index (κ2) is 11.8. The van der Waals surface area contributed by atoms with Crippen LogP contribution in [0.5, 0.6) is 5.75 Å². The summed E-state index contributed by atoms with van der Waals surface area (Å²) < 4.78 is 35.4. The lowest BCUT2D eigenvalue weighted by atomic mass is 9.63. The monoisotopic (exact) mass is 479 g/mol. The second-order valence-corrected chi connectivity index (χ2v) is 10.4. The van der Waals surface area contributed by atoms with Crippen molar-refractivity contribution in [1.82, 2.24) is 0 Å². The smallest absolute Gasteiger partial charge is 0.343 e. The van der Waals surface area contributed by atoms with Gasteiger partial charge in [0.1, 0.15) is 17.4 Å². The highest BCUT2D eigenvalue weighted by atomic mass is 19.1. The van der Waals surface area contributed by atoms with Crippen LogP contribution in [0.4, 0.5) is 8.78 Å². The molecule has 2 aromatic rings. The van der Waals surface area contributed by atoms with Gasteiger partial charge in [-0.15, -0.1) is 0 Å². The second-order valence-electron chi connectivity index (χ2n) is 10.4. The average molecular weight is 480 g/mol. The van der Waals surface area contributed by atoms with E-state index < -0.39 is 17.6 Å². The minimum Gasteiger partial charge on any atom is -0.423 e. The first-order valence-electron chi connectivity index (χ1n) is 13.2. The van der Waals surface area contributed by atoms with E-state index in [9.17, 15) is 4.79 Å². The molecule has 2 aromatic carbocycles. The first kappa shape index (κ1) is 25.4. The molecule has 186 valence electrons. The molecule has 0 saturated heterocycles. The minimum atomic E-state index is -0.819. The summed E-state index contributed by atoms with van der Waals surface area (Å²) in [5.74, 6) is -0.0159. The molecule has 0 N–H and O–H groups in total. The lowest BCUT2D eigenvalue weighted by molar-refractivity contribution is 0.0733. The van der Waals surface area contributed by atoms with Gasteiger partial charge in [-0.1, -0.05) is 45.4 Å². The van der Waals surface area contributed by atoms with Gasteiger partial charge < -0.3 is 4.74 Å². The number of esters is 1. The SMILES string of the molecule is CCCCCCC1CCC2CC(c3c(F)cc(C(=O)Oc4ccc(C#N)cc4)cc3F)CCC2C1. The van der Waals surface area contributed by atoms with Crippen LogP contribution < -0.4 is 4.74 Å². The number of fused-ring (bicyclic) bond motifs is 1. The number of hydrogen-bond donors (Lipinski definition) is 0. The molecule has 2 saturated carbocycles. The summed E-state index contributed by atoms with van der Waals surface area (Å²) in [5, 5.41) is 8.86. The Labute approximate surface area is 207 Å². The Hall–Kier alpha value is -2.74. The maximum absolute atomic E-state index is 15.1. The molecular weight excluding hydrogens is 444 g/mol. The van der Waals surface area contributed by atoms with Gasteiger partial charge in [0, 0.05) is 5.56 Å². The Kier molecular flexibility index (Phi) is 8.55. The number of hydrogen-bond acceptors (Lipinski definition) is 3. The minimum absolute atomic E-state index is 0.125. The number of halogens is 2. The number of rotatable bonds is 8. The first-order chi connectivity index (χ1) is 17.0. The topological polar surface area (TPSA) is 50.1 Å². The van der Waals surface area contributed by atoms with Crippen LogP contribution >= 0.6 is 0 Å². The highest BCUT2D eigenvalue weighted by Crippen LogP contribution is 2.49. The highest BCUT2D eigenvalue weighted by Gasteiger charge is 2.37. The van der Waals surface area contributed by atoms with Crippen LogP contribution in [0.2, 0.25) is 0 Å². The Morgan fingerprint density at radius 2 is 1.66 bits per heavy atom. The van der Waals surface area contributed by atoms with E-state index in [1.165, 1.54) is 69.2 Å². The molecule has 0 spiro atoms. The molecule has 0 aliphatic heterocycles. The van der Waals surface area contributed by atoms with Crippen LogP contribution in [0.3, 0.4) is 0 Å². The molecule has 0 radical (unpaired) electrons.